The molecule has 2 aromatic rings. The molecule has 0 aliphatic heterocycles. The van der Waals surface area contributed by atoms with Crippen molar-refractivity contribution in [3.05, 3.63) is 40.4 Å². The molecule has 0 bridgehead atoms. The van der Waals surface area contributed by atoms with Crippen LogP contribution in [0.1, 0.15) is 71.5 Å². The molecule has 2 N–H and O–H groups in total. The summed E-state index contributed by atoms with van der Waals surface area (Å²) in [6, 6.07) is 4.92. The summed E-state index contributed by atoms with van der Waals surface area (Å²) < 4.78 is 0. The van der Waals surface area contributed by atoms with Gasteiger partial charge >= 0.3 is 0 Å². The molecule has 0 aromatic carbocycles. The molecule has 29 heavy (non-hydrogen) atoms. The standard InChI is InChI=1S/C22H31N5O2/c1-5-16(24-20(28)14-9-11-15(12-10-14)22(2,3)4)18-21(29)25-19(27-26-18)17-8-6-7-13-23-17/h6-8,13-16H,5,9-12H2,1-4H3,(H,24,28)(H,25,27,29). The van der Waals surface area contributed by atoms with Gasteiger partial charge in [-0.3, -0.25) is 14.6 Å². The summed E-state index contributed by atoms with van der Waals surface area (Å²) in [4.78, 5) is 32.3. The Kier molecular flexibility index (Phi) is 6.45. The molecule has 0 saturated heterocycles. The fourth-order valence-corrected chi connectivity index (χ4v) is 4.07. The Morgan fingerprint density at radius 3 is 2.48 bits per heavy atom. The molecule has 1 saturated carbocycles. The monoisotopic (exact) mass is 397 g/mol. The Hall–Kier alpha value is -2.57. The smallest absolute Gasteiger partial charge is 0.275 e. The van der Waals surface area contributed by atoms with Crippen LogP contribution >= 0.6 is 0 Å². The van der Waals surface area contributed by atoms with Crippen molar-refractivity contribution >= 4 is 5.91 Å². The number of pyridine rings is 1. The molecule has 3 rings (SSSR count). The highest BCUT2D eigenvalue weighted by Gasteiger charge is 2.33. The Labute approximate surface area is 171 Å². The van der Waals surface area contributed by atoms with Gasteiger partial charge in [-0.15, -0.1) is 10.2 Å². The van der Waals surface area contributed by atoms with Crippen LogP contribution in [-0.4, -0.2) is 26.1 Å². The van der Waals surface area contributed by atoms with E-state index in [0.717, 1.165) is 25.7 Å². The van der Waals surface area contributed by atoms with Crippen LogP contribution in [0.15, 0.2) is 29.2 Å². The molecular formula is C22H31N5O2. The summed E-state index contributed by atoms with van der Waals surface area (Å²) in [6.45, 7) is 8.73. The van der Waals surface area contributed by atoms with Crippen molar-refractivity contribution in [3.63, 3.8) is 0 Å². The molecular weight excluding hydrogens is 366 g/mol. The molecule has 1 unspecified atom stereocenters. The zero-order valence-corrected chi connectivity index (χ0v) is 17.7. The van der Waals surface area contributed by atoms with E-state index in [9.17, 15) is 9.59 Å². The number of hydrogen-bond donors (Lipinski definition) is 2. The van der Waals surface area contributed by atoms with E-state index in [-0.39, 0.29) is 28.5 Å². The average molecular weight is 398 g/mol. The SMILES string of the molecule is CCC(NC(=O)C1CCC(C(C)(C)C)CC1)c1nnc(-c2ccccn2)[nH]c1=O. The zero-order chi connectivity index (χ0) is 21.0. The second-order valence-electron chi connectivity index (χ2n) is 8.99. The molecule has 2 heterocycles. The first-order chi connectivity index (χ1) is 13.8. The summed E-state index contributed by atoms with van der Waals surface area (Å²) in [5.41, 5.74) is 0.732. The maximum atomic E-state index is 12.8. The number of nitrogens with one attached hydrogen (secondary N) is 2. The Balaban J connectivity index is 1.67. The van der Waals surface area contributed by atoms with Crippen LogP contribution in [0.2, 0.25) is 0 Å². The lowest BCUT2D eigenvalue weighted by molar-refractivity contribution is -0.127. The number of hydrogen-bond acceptors (Lipinski definition) is 5. The van der Waals surface area contributed by atoms with Gasteiger partial charge in [-0.2, -0.15) is 0 Å². The zero-order valence-electron chi connectivity index (χ0n) is 17.7. The van der Waals surface area contributed by atoms with E-state index in [2.05, 4.69) is 46.3 Å². The van der Waals surface area contributed by atoms with Crippen LogP contribution in [-0.2, 0) is 4.79 Å². The van der Waals surface area contributed by atoms with Crippen molar-refractivity contribution < 1.29 is 4.79 Å². The van der Waals surface area contributed by atoms with Gasteiger partial charge in [0.15, 0.2) is 11.5 Å². The number of aromatic nitrogens is 4. The van der Waals surface area contributed by atoms with E-state index in [1.54, 1.807) is 18.3 Å². The van der Waals surface area contributed by atoms with Crippen molar-refractivity contribution in [2.75, 3.05) is 0 Å². The number of aromatic amines is 1. The van der Waals surface area contributed by atoms with Crippen molar-refractivity contribution in [1.29, 1.82) is 0 Å². The predicted molar refractivity (Wildman–Crippen MR) is 112 cm³/mol. The van der Waals surface area contributed by atoms with E-state index >= 15 is 0 Å². The van der Waals surface area contributed by atoms with E-state index in [1.807, 2.05) is 13.0 Å². The van der Waals surface area contributed by atoms with Crippen molar-refractivity contribution in [2.45, 2.75) is 65.8 Å². The van der Waals surface area contributed by atoms with Gasteiger partial charge in [-0.25, -0.2) is 0 Å². The first kappa shape index (κ1) is 21.1. The molecule has 0 spiro atoms. The van der Waals surface area contributed by atoms with E-state index in [4.69, 9.17) is 0 Å². The molecule has 0 radical (unpaired) electrons. The van der Waals surface area contributed by atoms with E-state index in [1.165, 1.54) is 0 Å². The molecule has 1 atom stereocenters. The van der Waals surface area contributed by atoms with Crippen LogP contribution in [0.5, 0.6) is 0 Å². The van der Waals surface area contributed by atoms with Gasteiger partial charge < -0.3 is 10.3 Å². The molecule has 156 valence electrons. The molecule has 1 amide bonds. The predicted octanol–water partition coefficient (Wildman–Crippen LogP) is 3.65. The number of nitrogens with zero attached hydrogens (tertiary/aromatic N) is 3. The van der Waals surface area contributed by atoms with Gasteiger partial charge in [0.2, 0.25) is 5.91 Å². The third kappa shape index (κ3) is 5.08. The molecule has 1 aliphatic rings. The quantitative estimate of drug-likeness (QED) is 0.802. The molecule has 7 heteroatoms. The maximum absolute atomic E-state index is 12.8. The normalized spacial score (nSPS) is 20.8. The Morgan fingerprint density at radius 2 is 1.93 bits per heavy atom. The van der Waals surface area contributed by atoms with Gasteiger partial charge in [0.05, 0.1) is 6.04 Å². The highest BCUT2D eigenvalue weighted by Crippen LogP contribution is 2.39. The van der Waals surface area contributed by atoms with Crippen LogP contribution in [0, 0.1) is 17.3 Å². The summed E-state index contributed by atoms with van der Waals surface area (Å²) in [7, 11) is 0. The van der Waals surface area contributed by atoms with Crippen LogP contribution in [0.25, 0.3) is 11.5 Å². The maximum Gasteiger partial charge on any atom is 0.275 e. The third-order valence-corrected chi connectivity index (χ3v) is 6.01. The van der Waals surface area contributed by atoms with Gasteiger partial charge in [-0.05, 0) is 55.6 Å². The molecule has 2 aromatic heterocycles. The number of amides is 1. The van der Waals surface area contributed by atoms with Gasteiger partial charge in [0.1, 0.15) is 5.69 Å². The lowest BCUT2D eigenvalue weighted by Crippen LogP contribution is -2.39. The number of rotatable bonds is 5. The van der Waals surface area contributed by atoms with Crippen LogP contribution in [0.3, 0.4) is 0 Å². The largest absolute Gasteiger partial charge is 0.347 e. The lowest BCUT2D eigenvalue weighted by atomic mass is 9.69. The summed E-state index contributed by atoms with van der Waals surface area (Å²) in [5, 5.41) is 11.3. The minimum atomic E-state index is -0.447. The average Bonchev–Trinajstić information content (AvgIpc) is 2.72. The Bertz CT molecular complexity index is 880. The van der Waals surface area contributed by atoms with Crippen LogP contribution < -0.4 is 10.9 Å². The first-order valence-corrected chi connectivity index (χ1v) is 10.5. The van der Waals surface area contributed by atoms with E-state index in [0.29, 0.717) is 23.9 Å². The first-order valence-electron chi connectivity index (χ1n) is 10.5. The van der Waals surface area contributed by atoms with Gasteiger partial charge in [0.25, 0.3) is 5.56 Å². The second-order valence-corrected chi connectivity index (χ2v) is 8.99. The highest BCUT2D eigenvalue weighted by molar-refractivity contribution is 5.79. The third-order valence-electron chi connectivity index (χ3n) is 6.01. The van der Waals surface area contributed by atoms with Crippen molar-refractivity contribution in [3.8, 4) is 11.5 Å². The number of H-pyrrole nitrogens is 1. The highest BCUT2D eigenvalue weighted by atomic mass is 16.2. The summed E-state index contributed by atoms with van der Waals surface area (Å²) >= 11 is 0. The Morgan fingerprint density at radius 1 is 1.21 bits per heavy atom. The van der Waals surface area contributed by atoms with E-state index < -0.39 is 6.04 Å². The van der Waals surface area contributed by atoms with Crippen LogP contribution in [0.4, 0.5) is 0 Å². The van der Waals surface area contributed by atoms with Gasteiger partial charge in [0, 0.05) is 12.1 Å². The van der Waals surface area contributed by atoms with Crippen molar-refractivity contribution in [1.82, 2.24) is 25.5 Å². The topological polar surface area (TPSA) is 101 Å². The fourth-order valence-electron chi connectivity index (χ4n) is 4.07. The minimum absolute atomic E-state index is 0.00230. The molecule has 1 aliphatic carbocycles. The molecule has 1 fully saturated rings. The summed E-state index contributed by atoms with van der Waals surface area (Å²) in [5.74, 6) is 0.990. The second kappa shape index (κ2) is 8.84. The number of carbonyl (C=O) groups is 1. The fraction of sp³-hybridized carbons (Fsp3) is 0.591. The minimum Gasteiger partial charge on any atom is -0.347 e. The molecule has 7 nitrogen and oxygen atoms in total. The van der Waals surface area contributed by atoms with Crippen molar-refractivity contribution in [2.24, 2.45) is 17.3 Å². The van der Waals surface area contributed by atoms with Gasteiger partial charge in [-0.1, -0.05) is 33.8 Å². The number of carbonyl (C=O) groups excluding carboxylic acids is 1. The lowest BCUT2D eigenvalue weighted by Gasteiger charge is -2.36. The summed E-state index contributed by atoms with van der Waals surface area (Å²) in [6.07, 6.45) is 6.13.